The Labute approximate surface area is 140 Å². The molecular weight excluding hydrogens is 306 g/mol. The molecule has 0 saturated carbocycles. The standard InChI is InChI=1S/C18H19N3O3/c1-12-3-6-15(7-4-12)20-13(2)18(22)21-19-10-14-5-8-16-17(9-14)24-11-23-16/h3-10,13,20H,11H2,1-2H3,(H,21,22). The Balaban J connectivity index is 1.53. The second-order valence-corrected chi connectivity index (χ2v) is 5.58. The Bertz CT molecular complexity index is 757. The van der Waals surface area contributed by atoms with Crippen molar-refractivity contribution >= 4 is 17.8 Å². The third kappa shape index (κ3) is 3.84. The van der Waals surface area contributed by atoms with Crippen molar-refractivity contribution in [2.24, 2.45) is 5.10 Å². The number of benzene rings is 2. The minimum absolute atomic E-state index is 0.215. The lowest BCUT2D eigenvalue weighted by Crippen LogP contribution is -2.34. The van der Waals surface area contributed by atoms with Crippen LogP contribution >= 0.6 is 0 Å². The highest BCUT2D eigenvalue weighted by atomic mass is 16.7. The number of hydrogen-bond acceptors (Lipinski definition) is 5. The van der Waals surface area contributed by atoms with Gasteiger partial charge in [0.25, 0.3) is 5.91 Å². The number of carbonyl (C=O) groups is 1. The molecule has 2 aromatic carbocycles. The Kier molecular flexibility index (Phi) is 4.65. The first-order valence-electron chi connectivity index (χ1n) is 7.67. The molecule has 0 aliphatic carbocycles. The average Bonchev–Trinajstić information content (AvgIpc) is 3.04. The number of rotatable bonds is 5. The van der Waals surface area contributed by atoms with Crippen molar-refractivity contribution in [1.82, 2.24) is 5.43 Å². The molecule has 0 aromatic heterocycles. The molecule has 124 valence electrons. The van der Waals surface area contributed by atoms with Crippen LogP contribution < -0.4 is 20.2 Å². The summed E-state index contributed by atoms with van der Waals surface area (Å²) in [6.45, 7) is 4.03. The quantitative estimate of drug-likeness (QED) is 0.655. The van der Waals surface area contributed by atoms with Crippen molar-refractivity contribution in [1.29, 1.82) is 0 Å². The number of hydrogen-bond donors (Lipinski definition) is 2. The van der Waals surface area contributed by atoms with Gasteiger partial charge in [-0.05, 0) is 49.7 Å². The summed E-state index contributed by atoms with van der Waals surface area (Å²) in [6, 6.07) is 12.9. The van der Waals surface area contributed by atoms with E-state index in [9.17, 15) is 4.79 Å². The number of anilines is 1. The fraction of sp³-hybridized carbons (Fsp3) is 0.222. The number of ether oxygens (including phenoxy) is 2. The van der Waals surface area contributed by atoms with Crippen LogP contribution in [0, 0.1) is 6.92 Å². The Morgan fingerprint density at radius 1 is 1.17 bits per heavy atom. The first-order chi connectivity index (χ1) is 11.6. The number of aryl methyl sites for hydroxylation is 1. The first-order valence-corrected chi connectivity index (χ1v) is 7.67. The van der Waals surface area contributed by atoms with E-state index in [1.165, 1.54) is 5.56 Å². The van der Waals surface area contributed by atoms with Gasteiger partial charge in [0.05, 0.1) is 6.21 Å². The Hall–Kier alpha value is -3.02. The molecule has 0 spiro atoms. The van der Waals surface area contributed by atoms with Crippen LogP contribution in [0.25, 0.3) is 0 Å². The second-order valence-electron chi connectivity index (χ2n) is 5.58. The summed E-state index contributed by atoms with van der Waals surface area (Å²) in [5.41, 5.74) is 5.41. The van der Waals surface area contributed by atoms with Gasteiger partial charge in [-0.2, -0.15) is 5.10 Å². The molecule has 1 unspecified atom stereocenters. The summed E-state index contributed by atoms with van der Waals surface area (Å²) >= 11 is 0. The van der Waals surface area contributed by atoms with Crippen molar-refractivity contribution < 1.29 is 14.3 Å². The summed E-state index contributed by atoms with van der Waals surface area (Å²) in [4.78, 5) is 12.1. The van der Waals surface area contributed by atoms with Gasteiger partial charge in [0.1, 0.15) is 6.04 Å². The number of hydrazone groups is 1. The van der Waals surface area contributed by atoms with Crippen molar-refractivity contribution in [3.8, 4) is 11.5 Å². The third-order valence-electron chi connectivity index (χ3n) is 3.61. The van der Waals surface area contributed by atoms with Crippen molar-refractivity contribution in [2.45, 2.75) is 19.9 Å². The zero-order chi connectivity index (χ0) is 16.9. The van der Waals surface area contributed by atoms with Gasteiger partial charge in [-0.15, -0.1) is 0 Å². The molecule has 24 heavy (non-hydrogen) atoms. The van der Waals surface area contributed by atoms with E-state index in [0.717, 1.165) is 11.3 Å². The first kappa shape index (κ1) is 15.9. The molecule has 2 aromatic rings. The fourth-order valence-electron chi connectivity index (χ4n) is 2.23. The molecule has 6 heteroatoms. The topological polar surface area (TPSA) is 72.0 Å². The van der Waals surface area contributed by atoms with Gasteiger partial charge in [-0.3, -0.25) is 4.79 Å². The lowest BCUT2D eigenvalue weighted by molar-refractivity contribution is -0.121. The fourth-order valence-corrected chi connectivity index (χ4v) is 2.23. The number of nitrogens with zero attached hydrogens (tertiary/aromatic N) is 1. The molecule has 0 radical (unpaired) electrons. The van der Waals surface area contributed by atoms with Crippen LogP contribution in [0.2, 0.25) is 0 Å². The van der Waals surface area contributed by atoms with E-state index in [1.807, 2.05) is 49.4 Å². The molecule has 1 atom stereocenters. The molecule has 1 aliphatic rings. The molecule has 0 fully saturated rings. The molecule has 1 aliphatic heterocycles. The SMILES string of the molecule is Cc1ccc(NC(C)C(=O)NN=Cc2ccc3c(c2)OCO3)cc1. The number of amides is 1. The van der Waals surface area contributed by atoms with Gasteiger partial charge < -0.3 is 14.8 Å². The highest BCUT2D eigenvalue weighted by molar-refractivity contribution is 5.86. The van der Waals surface area contributed by atoms with Gasteiger partial charge in [0, 0.05) is 5.69 Å². The van der Waals surface area contributed by atoms with E-state index in [4.69, 9.17) is 9.47 Å². The summed E-state index contributed by atoms with van der Waals surface area (Å²) in [5, 5.41) is 7.11. The summed E-state index contributed by atoms with van der Waals surface area (Å²) in [5.74, 6) is 1.18. The van der Waals surface area contributed by atoms with E-state index in [0.29, 0.717) is 11.5 Å². The molecule has 0 saturated heterocycles. The van der Waals surface area contributed by atoms with E-state index >= 15 is 0 Å². The number of carbonyl (C=O) groups excluding carboxylic acids is 1. The predicted molar refractivity (Wildman–Crippen MR) is 92.6 cm³/mol. The van der Waals surface area contributed by atoms with Crippen LogP contribution in [0.3, 0.4) is 0 Å². The second kappa shape index (κ2) is 7.04. The Morgan fingerprint density at radius 2 is 1.92 bits per heavy atom. The zero-order valence-corrected chi connectivity index (χ0v) is 13.6. The predicted octanol–water partition coefficient (Wildman–Crippen LogP) is 2.67. The van der Waals surface area contributed by atoms with E-state index in [2.05, 4.69) is 15.8 Å². The lowest BCUT2D eigenvalue weighted by Gasteiger charge is -2.13. The van der Waals surface area contributed by atoms with Crippen LogP contribution in [0.5, 0.6) is 11.5 Å². The zero-order valence-electron chi connectivity index (χ0n) is 13.6. The highest BCUT2D eigenvalue weighted by Gasteiger charge is 2.13. The molecule has 1 amide bonds. The van der Waals surface area contributed by atoms with Gasteiger partial charge in [0.2, 0.25) is 6.79 Å². The summed E-state index contributed by atoms with van der Waals surface area (Å²) in [6.07, 6.45) is 1.57. The maximum Gasteiger partial charge on any atom is 0.262 e. The minimum atomic E-state index is -0.401. The largest absolute Gasteiger partial charge is 0.454 e. The molecule has 0 bridgehead atoms. The molecule has 2 N–H and O–H groups in total. The van der Waals surface area contributed by atoms with Crippen molar-refractivity contribution in [3.05, 3.63) is 53.6 Å². The summed E-state index contributed by atoms with van der Waals surface area (Å²) < 4.78 is 10.5. The van der Waals surface area contributed by atoms with Crippen LogP contribution in [-0.2, 0) is 4.79 Å². The van der Waals surface area contributed by atoms with Gasteiger partial charge in [-0.25, -0.2) is 5.43 Å². The van der Waals surface area contributed by atoms with E-state index < -0.39 is 6.04 Å². The van der Waals surface area contributed by atoms with Gasteiger partial charge in [0.15, 0.2) is 11.5 Å². The average molecular weight is 325 g/mol. The molecule has 3 rings (SSSR count). The Morgan fingerprint density at radius 3 is 2.71 bits per heavy atom. The smallest absolute Gasteiger partial charge is 0.262 e. The molecule has 6 nitrogen and oxygen atoms in total. The molecule has 1 heterocycles. The monoisotopic (exact) mass is 325 g/mol. The van der Waals surface area contributed by atoms with Gasteiger partial charge in [-0.1, -0.05) is 17.7 Å². The van der Waals surface area contributed by atoms with Crippen molar-refractivity contribution in [2.75, 3.05) is 12.1 Å². The van der Waals surface area contributed by atoms with Crippen LogP contribution in [0.4, 0.5) is 5.69 Å². The van der Waals surface area contributed by atoms with Crippen LogP contribution in [0.1, 0.15) is 18.1 Å². The van der Waals surface area contributed by atoms with E-state index in [1.54, 1.807) is 13.1 Å². The number of nitrogens with one attached hydrogen (secondary N) is 2. The van der Waals surface area contributed by atoms with Crippen LogP contribution in [0.15, 0.2) is 47.6 Å². The normalized spacial score (nSPS) is 13.8. The summed E-state index contributed by atoms with van der Waals surface area (Å²) in [7, 11) is 0. The maximum absolute atomic E-state index is 12.1. The van der Waals surface area contributed by atoms with Gasteiger partial charge >= 0.3 is 0 Å². The number of fused-ring (bicyclic) bond motifs is 1. The minimum Gasteiger partial charge on any atom is -0.454 e. The van der Waals surface area contributed by atoms with E-state index in [-0.39, 0.29) is 12.7 Å². The molecular formula is C18H19N3O3. The van der Waals surface area contributed by atoms with Crippen LogP contribution in [-0.4, -0.2) is 25.0 Å². The van der Waals surface area contributed by atoms with Crippen molar-refractivity contribution in [3.63, 3.8) is 0 Å². The third-order valence-corrected chi connectivity index (χ3v) is 3.61. The maximum atomic E-state index is 12.1. The lowest BCUT2D eigenvalue weighted by atomic mass is 10.2. The highest BCUT2D eigenvalue weighted by Crippen LogP contribution is 2.31.